The maximum absolute atomic E-state index is 13.5. The van der Waals surface area contributed by atoms with Gasteiger partial charge in [0.15, 0.2) is 11.6 Å². The van der Waals surface area contributed by atoms with E-state index in [0.717, 1.165) is 16.8 Å². The molecule has 0 bridgehead atoms. The fraction of sp³-hybridized carbons (Fsp3) is 0.250. The maximum Gasteiger partial charge on any atom is 0.163 e. The van der Waals surface area contributed by atoms with Crippen molar-refractivity contribution in [3.63, 3.8) is 0 Å². The molecule has 0 amide bonds. The Balaban J connectivity index is 2.20. The molecule has 0 aliphatic rings. The third-order valence-electron chi connectivity index (χ3n) is 2.48. The van der Waals surface area contributed by atoms with Gasteiger partial charge in [0.05, 0.1) is 10.7 Å². The largest absolute Gasteiger partial charge is 0.324 e. The van der Waals surface area contributed by atoms with Crippen molar-refractivity contribution in [3.8, 4) is 0 Å². The van der Waals surface area contributed by atoms with E-state index in [1.54, 1.807) is 0 Å². The van der Waals surface area contributed by atoms with Crippen LogP contribution in [0.1, 0.15) is 22.3 Å². The van der Waals surface area contributed by atoms with Crippen LogP contribution in [0.3, 0.4) is 0 Å². The highest BCUT2D eigenvalue weighted by Crippen LogP contribution is 2.21. The van der Waals surface area contributed by atoms with Crippen LogP contribution in [0.5, 0.6) is 0 Å². The molecule has 0 aliphatic heterocycles. The topological polar surface area (TPSA) is 38.9 Å². The van der Waals surface area contributed by atoms with Crippen molar-refractivity contribution in [1.82, 2.24) is 4.98 Å². The third-order valence-corrected chi connectivity index (χ3v) is 3.30. The van der Waals surface area contributed by atoms with Crippen molar-refractivity contribution in [2.24, 2.45) is 5.73 Å². The molecule has 2 rings (SSSR count). The van der Waals surface area contributed by atoms with Crippen LogP contribution in [0.4, 0.5) is 8.78 Å². The fourth-order valence-corrected chi connectivity index (χ4v) is 2.27. The average molecular weight is 254 g/mol. The summed E-state index contributed by atoms with van der Waals surface area (Å²) >= 11 is 1.51. The predicted molar refractivity (Wildman–Crippen MR) is 63.8 cm³/mol. The number of nitrogens with zero attached hydrogens (tertiary/aromatic N) is 1. The van der Waals surface area contributed by atoms with Gasteiger partial charge in [-0.3, -0.25) is 0 Å². The molecule has 5 heteroatoms. The van der Waals surface area contributed by atoms with E-state index in [1.165, 1.54) is 23.5 Å². The minimum absolute atomic E-state index is 0.190. The van der Waals surface area contributed by atoms with E-state index in [2.05, 4.69) is 4.98 Å². The highest BCUT2D eigenvalue weighted by molar-refractivity contribution is 7.09. The van der Waals surface area contributed by atoms with E-state index >= 15 is 0 Å². The van der Waals surface area contributed by atoms with Crippen molar-refractivity contribution in [2.45, 2.75) is 19.4 Å². The molecule has 1 heterocycles. The SMILES string of the molecule is Cc1nc(CC(N)c2cccc(F)c2F)cs1. The lowest BCUT2D eigenvalue weighted by molar-refractivity contribution is 0.487. The molecule has 0 radical (unpaired) electrons. The van der Waals surface area contributed by atoms with E-state index < -0.39 is 17.7 Å². The highest BCUT2D eigenvalue weighted by atomic mass is 32.1. The maximum atomic E-state index is 13.5. The minimum atomic E-state index is -0.869. The molecule has 1 atom stereocenters. The van der Waals surface area contributed by atoms with Gasteiger partial charge in [0.2, 0.25) is 0 Å². The quantitative estimate of drug-likeness (QED) is 0.914. The van der Waals surface area contributed by atoms with Crippen molar-refractivity contribution in [1.29, 1.82) is 0 Å². The molecular formula is C12H12F2N2S. The molecule has 2 aromatic rings. The van der Waals surface area contributed by atoms with E-state index in [9.17, 15) is 8.78 Å². The summed E-state index contributed by atoms with van der Waals surface area (Å²) in [5.74, 6) is -1.74. The van der Waals surface area contributed by atoms with Gasteiger partial charge in [-0.25, -0.2) is 13.8 Å². The Morgan fingerprint density at radius 1 is 1.41 bits per heavy atom. The van der Waals surface area contributed by atoms with Gasteiger partial charge < -0.3 is 5.73 Å². The van der Waals surface area contributed by atoms with Crippen molar-refractivity contribution in [2.75, 3.05) is 0 Å². The number of thiazole rings is 1. The van der Waals surface area contributed by atoms with E-state index in [4.69, 9.17) is 5.73 Å². The van der Waals surface area contributed by atoms with Gasteiger partial charge in [0.1, 0.15) is 0 Å². The number of benzene rings is 1. The first kappa shape index (κ1) is 12.1. The molecule has 1 aromatic heterocycles. The van der Waals surface area contributed by atoms with Gasteiger partial charge in [-0.1, -0.05) is 12.1 Å². The lowest BCUT2D eigenvalue weighted by Gasteiger charge is -2.11. The summed E-state index contributed by atoms with van der Waals surface area (Å²) in [6.07, 6.45) is 0.407. The summed E-state index contributed by atoms with van der Waals surface area (Å²) in [5.41, 5.74) is 6.86. The summed E-state index contributed by atoms with van der Waals surface area (Å²) in [6, 6.07) is 3.47. The standard InChI is InChI=1S/C12H12F2N2S/c1-7-16-8(6-17-7)5-11(15)9-3-2-4-10(13)12(9)14/h2-4,6,11H,5,15H2,1H3. The molecule has 0 spiro atoms. The van der Waals surface area contributed by atoms with Crippen LogP contribution in [0.2, 0.25) is 0 Å². The number of halogens is 2. The van der Waals surface area contributed by atoms with Crippen LogP contribution in [0.15, 0.2) is 23.6 Å². The Morgan fingerprint density at radius 2 is 2.18 bits per heavy atom. The number of nitrogens with two attached hydrogens (primary N) is 1. The molecule has 1 aromatic carbocycles. The zero-order chi connectivity index (χ0) is 12.4. The first-order chi connectivity index (χ1) is 8.08. The molecule has 0 aliphatic carbocycles. The second-order valence-electron chi connectivity index (χ2n) is 3.81. The van der Waals surface area contributed by atoms with Crippen LogP contribution in [0.25, 0.3) is 0 Å². The van der Waals surface area contributed by atoms with Crippen molar-refractivity contribution >= 4 is 11.3 Å². The van der Waals surface area contributed by atoms with Gasteiger partial charge in [0.25, 0.3) is 0 Å². The number of rotatable bonds is 3. The Bertz CT molecular complexity index is 525. The number of aromatic nitrogens is 1. The second-order valence-corrected chi connectivity index (χ2v) is 4.87. The summed E-state index contributed by atoms with van der Waals surface area (Å²) < 4.78 is 26.5. The van der Waals surface area contributed by atoms with Gasteiger partial charge in [0, 0.05) is 23.4 Å². The Morgan fingerprint density at radius 3 is 2.82 bits per heavy atom. The lowest BCUT2D eigenvalue weighted by Crippen LogP contribution is -2.15. The molecule has 17 heavy (non-hydrogen) atoms. The van der Waals surface area contributed by atoms with Gasteiger partial charge in [-0.15, -0.1) is 11.3 Å². The summed E-state index contributed by atoms with van der Waals surface area (Å²) in [7, 11) is 0. The van der Waals surface area contributed by atoms with E-state index in [0.29, 0.717) is 6.42 Å². The van der Waals surface area contributed by atoms with Crippen LogP contribution in [0, 0.1) is 18.6 Å². The number of hydrogen-bond donors (Lipinski definition) is 1. The van der Waals surface area contributed by atoms with Crippen LogP contribution >= 0.6 is 11.3 Å². The monoisotopic (exact) mass is 254 g/mol. The molecule has 2 nitrogen and oxygen atoms in total. The van der Waals surface area contributed by atoms with Crippen LogP contribution in [-0.2, 0) is 6.42 Å². The normalized spacial score (nSPS) is 12.7. The summed E-state index contributed by atoms with van der Waals surface area (Å²) in [4.78, 5) is 4.25. The lowest BCUT2D eigenvalue weighted by atomic mass is 10.0. The first-order valence-corrected chi connectivity index (χ1v) is 6.06. The predicted octanol–water partition coefficient (Wildman–Crippen LogP) is 2.97. The average Bonchev–Trinajstić information content (AvgIpc) is 2.68. The molecule has 1 unspecified atom stereocenters. The second kappa shape index (κ2) is 4.89. The Labute approximate surface area is 102 Å². The van der Waals surface area contributed by atoms with Crippen molar-refractivity contribution in [3.05, 3.63) is 51.5 Å². The highest BCUT2D eigenvalue weighted by Gasteiger charge is 2.15. The summed E-state index contributed by atoms with van der Waals surface area (Å²) in [6.45, 7) is 1.89. The zero-order valence-electron chi connectivity index (χ0n) is 9.28. The molecule has 0 fully saturated rings. The number of aryl methyl sites for hydroxylation is 1. The molecule has 0 saturated heterocycles. The molecule has 2 N–H and O–H groups in total. The van der Waals surface area contributed by atoms with Gasteiger partial charge in [-0.2, -0.15) is 0 Å². The molecule has 90 valence electrons. The first-order valence-electron chi connectivity index (χ1n) is 5.18. The molecule has 0 saturated carbocycles. The fourth-order valence-electron chi connectivity index (χ4n) is 1.64. The van der Waals surface area contributed by atoms with E-state index in [-0.39, 0.29) is 5.56 Å². The third kappa shape index (κ3) is 2.68. The smallest absolute Gasteiger partial charge is 0.163 e. The van der Waals surface area contributed by atoms with Crippen LogP contribution in [-0.4, -0.2) is 4.98 Å². The Hall–Kier alpha value is -1.33. The van der Waals surface area contributed by atoms with Crippen LogP contribution < -0.4 is 5.73 Å². The Kier molecular flexibility index (Phi) is 3.49. The number of hydrogen-bond acceptors (Lipinski definition) is 3. The minimum Gasteiger partial charge on any atom is -0.324 e. The van der Waals surface area contributed by atoms with Gasteiger partial charge in [-0.05, 0) is 13.0 Å². The molecular weight excluding hydrogens is 242 g/mol. The van der Waals surface area contributed by atoms with E-state index in [1.807, 2.05) is 12.3 Å². The zero-order valence-corrected chi connectivity index (χ0v) is 10.1. The van der Waals surface area contributed by atoms with Crippen molar-refractivity contribution < 1.29 is 8.78 Å². The van der Waals surface area contributed by atoms with Gasteiger partial charge >= 0.3 is 0 Å². The summed E-state index contributed by atoms with van der Waals surface area (Å²) in [5, 5.41) is 2.82.